The van der Waals surface area contributed by atoms with E-state index in [2.05, 4.69) is 22.2 Å². The van der Waals surface area contributed by atoms with Crippen molar-refractivity contribution < 1.29 is 9.59 Å². The van der Waals surface area contributed by atoms with Crippen LogP contribution in [-0.2, 0) is 4.79 Å². The number of rotatable bonds is 4. The van der Waals surface area contributed by atoms with Crippen molar-refractivity contribution in [1.29, 1.82) is 0 Å². The number of amides is 2. The Labute approximate surface area is 199 Å². The van der Waals surface area contributed by atoms with Crippen molar-refractivity contribution in [2.24, 2.45) is 22.7 Å². The van der Waals surface area contributed by atoms with E-state index >= 15 is 0 Å². The highest BCUT2D eigenvalue weighted by Crippen LogP contribution is 2.46. The summed E-state index contributed by atoms with van der Waals surface area (Å²) in [5.41, 5.74) is 1.75. The van der Waals surface area contributed by atoms with Gasteiger partial charge in [0.25, 0.3) is 11.8 Å². The zero-order chi connectivity index (χ0) is 22.6. The number of amidine groups is 1. The number of para-hydroxylation sites is 1. The molecule has 6 nitrogen and oxygen atoms in total. The number of aromatic amines is 1. The SMILES string of the molecule is CC1(CC2CCN(C(=O)c3c[nH]c4ccccc34)CC2)SC(N[C@H]2C[C@@H]3CC[C@H]2C3)=NC1=O. The second-order valence-corrected chi connectivity index (χ2v) is 12.2. The van der Waals surface area contributed by atoms with Gasteiger partial charge in [-0.05, 0) is 69.3 Å². The van der Waals surface area contributed by atoms with Crippen molar-refractivity contribution in [2.45, 2.75) is 62.7 Å². The molecule has 2 aromatic rings. The summed E-state index contributed by atoms with van der Waals surface area (Å²) in [5, 5.41) is 5.44. The molecular formula is C26H32N4O2S. The average molecular weight is 465 g/mol. The summed E-state index contributed by atoms with van der Waals surface area (Å²) in [5.74, 6) is 2.19. The van der Waals surface area contributed by atoms with Crippen molar-refractivity contribution in [3.63, 3.8) is 0 Å². The molecule has 4 atom stereocenters. The van der Waals surface area contributed by atoms with Crippen molar-refractivity contribution >= 4 is 39.6 Å². The maximum absolute atomic E-state index is 13.1. The number of likely N-dealkylation sites (tertiary alicyclic amines) is 1. The Kier molecular flexibility index (Phi) is 5.28. The molecule has 2 bridgehead atoms. The number of carbonyl (C=O) groups is 2. The van der Waals surface area contributed by atoms with Crippen LogP contribution in [0, 0.1) is 17.8 Å². The van der Waals surface area contributed by atoms with E-state index in [1.165, 1.54) is 25.7 Å². The molecule has 2 saturated carbocycles. The van der Waals surface area contributed by atoms with E-state index in [1.54, 1.807) is 11.8 Å². The quantitative estimate of drug-likeness (QED) is 0.695. The van der Waals surface area contributed by atoms with Crippen LogP contribution in [-0.4, -0.2) is 50.7 Å². The van der Waals surface area contributed by atoms with Crippen LogP contribution >= 0.6 is 11.8 Å². The van der Waals surface area contributed by atoms with Gasteiger partial charge in [0, 0.05) is 36.2 Å². The third-order valence-electron chi connectivity index (χ3n) is 8.42. The van der Waals surface area contributed by atoms with Gasteiger partial charge in [-0.25, -0.2) is 0 Å². The largest absolute Gasteiger partial charge is 0.361 e. The normalized spacial score (nSPS) is 32.0. The molecule has 0 spiro atoms. The molecule has 3 heterocycles. The van der Waals surface area contributed by atoms with Crippen LogP contribution in [0.1, 0.15) is 62.2 Å². The van der Waals surface area contributed by atoms with Gasteiger partial charge in [0.15, 0.2) is 5.17 Å². The van der Waals surface area contributed by atoms with Crippen molar-refractivity contribution in [2.75, 3.05) is 13.1 Å². The maximum Gasteiger partial charge on any atom is 0.264 e. The number of fused-ring (bicyclic) bond motifs is 3. The summed E-state index contributed by atoms with van der Waals surface area (Å²) >= 11 is 1.64. The first-order valence-electron chi connectivity index (χ1n) is 12.4. The number of carbonyl (C=O) groups excluding carboxylic acids is 2. The molecule has 2 aliphatic heterocycles. The van der Waals surface area contributed by atoms with E-state index in [9.17, 15) is 9.59 Å². The minimum atomic E-state index is -0.479. The fourth-order valence-electron chi connectivity index (χ4n) is 6.57. The highest BCUT2D eigenvalue weighted by atomic mass is 32.2. The summed E-state index contributed by atoms with van der Waals surface area (Å²) in [6.45, 7) is 3.55. The van der Waals surface area contributed by atoms with E-state index in [1.807, 2.05) is 35.4 Å². The fraction of sp³-hybridized carbons (Fsp3) is 0.577. The molecule has 3 fully saturated rings. The van der Waals surface area contributed by atoms with Gasteiger partial charge in [-0.1, -0.05) is 36.4 Å². The molecule has 2 aliphatic carbocycles. The van der Waals surface area contributed by atoms with Crippen molar-refractivity contribution in [1.82, 2.24) is 15.2 Å². The molecule has 6 rings (SSSR count). The topological polar surface area (TPSA) is 77.6 Å². The summed E-state index contributed by atoms with van der Waals surface area (Å²) in [6, 6.07) is 8.45. The number of hydrogen-bond donors (Lipinski definition) is 2. The molecule has 2 N–H and O–H groups in total. The number of aromatic nitrogens is 1. The Bertz CT molecular complexity index is 1120. The second-order valence-electron chi connectivity index (χ2n) is 10.7. The minimum Gasteiger partial charge on any atom is -0.361 e. The third kappa shape index (κ3) is 3.88. The first kappa shape index (κ1) is 21.3. The number of piperidine rings is 1. The van der Waals surface area contributed by atoms with Gasteiger partial charge in [-0.2, -0.15) is 4.99 Å². The van der Waals surface area contributed by atoms with E-state index in [0.29, 0.717) is 12.0 Å². The Morgan fingerprint density at radius 3 is 2.79 bits per heavy atom. The van der Waals surface area contributed by atoms with Crippen molar-refractivity contribution in [3.05, 3.63) is 36.0 Å². The number of nitrogens with zero attached hydrogens (tertiary/aromatic N) is 2. The van der Waals surface area contributed by atoms with Crippen LogP contribution in [0.25, 0.3) is 10.9 Å². The Morgan fingerprint density at radius 2 is 2.03 bits per heavy atom. The van der Waals surface area contributed by atoms with Gasteiger partial charge >= 0.3 is 0 Å². The number of nitrogens with one attached hydrogen (secondary N) is 2. The van der Waals surface area contributed by atoms with Crippen LogP contribution in [0.4, 0.5) is 0 Å². The second kappa shape index (κ2) is 8.19. The summed E-state index contributed by atoms with van der Waals surface area (Å²) in [4.78, 5) is 35.6. The Morgan fingerprint density at radius 1 is 1.21 bits per heavy atom. The Hall–Kier alpha value is -2.28. The smallest absolute Gasteiger partial charge is 0.264 e. The van der Waals surface area contributed by atoms with Gasteiger partial charge in [0.2, 0.25) is 0 Å². The predicted octanol–water partition coefficient (Wildman–Crippen LogP) is 4.58. The molecule has 174 valence electrons. The van der Waals surface area contributed by atoms with Gasteiger partial charge < -0.3 is 15.2 Å². The molecule has 1 saturated heterocycles. The summed E-state index contributed by atoms with van der Waals surface area (Å²) in [6.07, 6.45) is 9.81. The molecule has 0 radical (unpaired) electrons. The number of hydrogen-bond acceptors (Lipinski definition) is 4. The first-order valence-corrected chi connectivity index (χ1v) is 13.2. The minimum absolute atomic E-state index is 0.00968. The fourth-order valence-corrected chi connectivity index (χ4v) is 7.79. The first-order chi connectivity index (χ1) is 16.0. The van der Waals surface area contributed by atoms with Crippen molar-refractivity contribution in [3.8, 4) is 0 Å². The Balaban J connectivity index is 1.04. The lowest BCUT2D eigenvalue weighted by atomic mass is 9.87. The highest BCUT2D eigenvalue weighted by Gasteiger charge is 2.46. The zero-order valence-corrected chi connectivity index (χ0v) is 20.0. The molecule has 1 aromatic carbocycles. The average Bonchev–Trinajstić information content (AvgIpc) is 3.58. The summed E-state index contributed by atoms with van der Waals surface area (Å²) < 4.78 is -0.479. The van der Waals surface area contributed by atoms with E-state index in [0.717, 1.165) is 65.8 Å². The van der Waals surface area contributed by atoms with E-state index < -0.39 is 4.75 Å². The van der Waals surface area contributed by atoms with Crippen LogP contribution in [0.2, 0.25) is 0 Å². The number of benzene rings is 1. The molecular weight excluding hydrogens is 432 g/mol. The van der Waals surface area contributed by atoms with Gasteiger partial charge in [-0.3, -0.25) is 9.59 Å². The molecule has 2 amide bonds. The highest BCUT2D eigenvalue weighted by molar-refractivity contribution is 8.16. The number of H-pyrrole nitrogens is 1. The standard InChI is InChI=1S/C26H32N4O2S/c1-26(24(32)29-25(33-26)28-22-13-17-6-7-18(22)12-17)14-16-8-10-30(11-9-16)23(31)20-15-27-21-5-3-2-4-19(20)21/h2-5,15-18,22,27H,6-14H2,1H3,(H,28,29,32)/t17-,18+,22+,26?/m1/s1. The van der Waals surface area contributed by atoms with Crippen LogP contribution in [0.5, 0.6) is 0 Å². The van der Waals surface area contributed by atoms with Crippen LogP contribution < -0.4 is 5.32 Å². The summed E-state index contributed by atoms with van der Waals surface area (Å²) in [7, 11) is 0. The van der Waals surface area contributed by atoms with Gasteiger partial charge in [0.05, 0.1) is 5.56 Å². The molecule has 1 aromatic heterocycles. The van der Waals surface area contributed by atoms with Crippen LogP contribution in [0.3, 0.4) is 0 Å². The maximum atomic E-state index is 13.1. The predicted molar refractivity (Wildman–Crippen MR) is 132 cm³/mol. The molecule has 4 aliphatic rings. The third-order valence-corrected chi connectivity index (χ3v) is 9.62. The number of aliphatic imine (C=N–C) groups is 1. The van der Waals surface area contributed by atoms with Crippen LogP contribution in [0.15, 0.2) is 35.5 Å². The van der Waals surface area contributed by atoms with Gasteiger partial charge in [-0.15, -0.1) is 0 Å². The van der Waals surface area contributed by atoms with E-state index in [4.69, 9.17) is 0 Å². The lowest BCUT2D eigenvalue weighted by molar-refractivity contribution is -0.119. The molecule has 33 heavy (non-hydrogen) atoms. The molecule has 7 heteroatoms. The van der Waals surface area contributed by atoms with Gasteiger partial charge in [0.1, 0.15) is 4.75 Å². The molecule has 1 unspecified atom stereocenters. The lowest BCUT2D eigenvalue weighted by Crippen LogP contribution is -2.41. The number of thioether (sulfide) groups is 1. The lowest BCUT2D eigenvalue weighted by Gasteiger charge is -2.35. The monoisotopic (exact) mass is 464 g/mol. The van der Waals surface area contributed by atoms with E-state index in [-0.39, 0.29) is 11.8 Å². The zero-order valence-electron chi connectivity index (χ0n) is 19.2.